The van der Waals surface area contributed by atoms with Crippen molar-refractivity contribution in [2.75, 3.05) is 7.11 Å². The van der Waals surface area contributed by atoms with Crippen molar-refractivity contribution >= 4 is 43.1 Å². The molecule has 0 atom stereocenters. The fraction of sp³-hybridized carbons (Fsp3) is 0.333. The van der Waals surface area contributed by atoms with Gasteiger partial charge in [-0.1, -0.05) is 0 Å². The molecule has 0 bridgehead atoms. The highest BCUT2D eigenvalue weighted by Crippen LogP contribution is 2.22. The summed E-state index contributed by atoms with van der Waals surface area (Å²) in [5.74, 6) is 0.892. The van der Waals surface area contributed by atoms with E-state index in [4.69, 9.17) is 27.9 Å². The summed E-state index contributed by atoms with van der Waals surface area (Å²) in [4.78, 5) is 1.07. The molecule has 0 N–H and O–H groups in total. The number of ether oxygens (including phenoxy) is 1. The number of rotatable bonds is 5. The number of benzene rings is 1. The van der Waals surface area contributed by atoms with Crippen molar-refractivity contribution in [1.29, 1.82) is 0 Å². The lowest BCUT2D eigenvalue weighted by Gasteiger charge is -2.03. The molecule has 0 saturated carbocycles. The average Bonchev–Trinajstić information content (AvgIpc) is 2.18. The van der Waals surface area contributed by atoms with Crippen LogP contribution in [0.25, 0.3) is 0 Å². The first kappa shape index (κ1) is 12.2. The molecule has 0 aliphatic carbocycles. The van der Waals surface area contributed by atoms with Crippen LogP contribution < -0.4 is 4.74 Å². The third-order valence-corrected chi connectivity index (χ3v) is 6.77. The van der Waals surface area contributed by atoms with Gasteiger partial charge < -0.3 is 4.74 Å². The van der Waals surface area contributed by atoms with E-state index in [1.54, 1.807) is 7.11 Å². The van der Waals surface area contributed by atoms with Gasteiger partial charge in [-0.2, -0.15) is 11.2 Å². The molecule has 0 unspecified atom stereocenters. The van der Waals surface area contributed by atoms with Crippen LogP contribution >= 0.6 is 34.4 Å². The van der Waals surface area contributed by atoms with E-state index >= 15 is 0 Å². The Balaban J connectivity index is 2.36. The molecule has 78 valence electrons. The third kappa shape index (κ3) is 4.60. The van der Waals surface area contributed by atoms with Gasteiger partial charge in [0, 0.05) is 4.90 Å². The first-order valence-electron chi connectivity index (χ1n) is 4.27. The van der Waals surface area contributed by atoms with Crippen LogP contribution in [0.1, 0.15) is 0 Å². The highest BCUT2D eigenvalue weighted by Gasteiger charge is 2.00. The fourth-order valence-corrected chi connectivity index (χ4v) is 5.57. The standard InChI is InChI=1S/C9H12Cl2OSSi/c1-12-7-2-4-8(5-3-7)13-14-6-9(10)11/h2-5,9H,6,14H2,1H3. The summed E-state index contributed by atoms with van der Waals surface area (Å²) in [7, 11) is 1.43. The third-order valence-electron chi connectivity index (χ3n) is 1.66. The lowest BCUT2D eigenvalue weighted by molar-refractivity contribution is 0.414. The Hall–Kier alpha value is 0.167. The summed E-state index contributed by atoms with van der Waals surface area (Å²) >= 11 is 13.2. The van der Waals surface area contributed by atoms with Crippen LogP contribution in [0.2, 0.25) is 6.04 Å². The number of hydrogen-bond donors (Lipinski definition) is 0. The van der Waals surface area contributed by atoms with E-state index < -0.39 is 0 Å². The molecule has 5 heteroatoms. The topological polar surface area (TPSA) is 9.23 Å². The molecule has 0 amide bonds. The van der Waals surface area contributed by atoms with Gasteiger partial charge in [0.05, 0.1) is 15.8 Å². The van der Waals surface area contributed by atoms with Crippen molar-refractivity contribution in [2.45, 2.75) is 15.8 Å². The monoisotopic (exact) mass is 266 g/mol. The zero-order valence-electron chi connectivity index (χ0n) is 7.87. The summed E-state index contributed by atoms with van der Waals surface area (Å²) in [5, 5.41) is 0. The van der Waals surface area contributed by atoms with Crippen molar-refractivity contribution in [3.63, 3.8) is 0 Å². The second-order valence-corrected chi connectivity index (χ2v) is 7.82. The highest BCUT2D eigenvalue weighted by atomic mass is 35.5. The second-order valence-electron chi connectivity index (χ2n) is 2.70. The van der Waals surface area contributed by atoms with Crippen LogP contribution in [0.4, 0.5) is 0 Å². The van der Waals surface area contributed by atoms with Gasteiger partial charge in [0.25, 0.3) is 0 Å². The second kappa shape index (κ2) is 6.61. The maximum Gasteiger partial charge on any atom is 0.118 e. The summed E-state index contributed by atoms with van der Waals surface area (Å²) in [6, 6.07) is 9.01. The molecule has 0 aromatic heterocycles. The molecule has 1 aromatic rings. The Morgan fingerprint density at radius 3 is 2.50 bits per heavy atom. The lowest BCUT2D eigenvalue weighted by Crippen LogP contribution is -1.91. The summed E-state index contributed by atoms with van der Waals surface area (Å²) in [5.41, 5.74) is 0. The minimum atomic E-state index is -0.241. The normalized spacial score (nSPS) is 11.4. The molecule has 0 radical (unpaired) electrons. The first-order valence-corrected chi connectivity index (χ1v) is 8.86. The Morgan fingerprint density at radius 2 is 2.00 bits per heavy atom. The summed E-state index contributed by atoms with van der Waals surface area (Å²) in [6.07, 6.45) is 0. The van der Waals surface area contributed by atoms with E-state index in [0.717, 1.165) is 11.8 Å². The number of methoxy groups -OCH3 is 1. The Labute approximate surface area is 101 Å². The van der Waals surface area contributed by atoms with E-state index in [2.05, 4.69) is 12.1 Å². The van der Waals surface area contributed by atoms with E-state index in [0.29, 0.717) is 0 Å². The number of hydrogen-bond acceptors (Lipinski definition) is 2. The van der Waals surface area contributed by atoms with Crippen LogP contribution in [-0.2, 0) is 0 Å². The SMILES string of the molecule is COc1ccc(S[SiH2]CC(Cl)Cl)cc1. The van der Waals surface area contributed by atoms with Crippen LogP contribution in [0, 0.1) is 0 Å². The molecular weight excluding hydrogens is 255 g/mol. The quantitative estimate of drug-likeness (QED) is 0.599. The van der Waals surface area contributed by atoms with Gasteiger partial charge in [0.2, 0.25) is 0 Å². The summed E-state index contributed by atoms with van der Waals surface area (Å²) in [6.45, 7) is 0. The molecule has 1 aromatic carbocycles. The maximum atomic E-state index is 5.66. The maximum absolute atomic E-state index is 5.66. The smallest absolute Gasteiger partial charge is 0.118 e. The first-order chi connectivity index (χ1) is 6.72. The number of alkyl halides is 2. The van der Waals surface area contributed by atoms with Gasteiger partial charge in [0.15, 0.2) is 0 Å². The predicted octanol–water partition coefficient (Wildman–Crippen LogP) is 3.09. The van der Waals surface area contributed by atoms with E-state index in [1.807, 2.05) is 23.3 Å². The van der Waals surface area contributed by atoms with E-state index in [-0.39, 0.29) is 13.5 Å². The Morgan fingerprint density at radius 1 is 1.36 bits per heavy atom. The molecular formula is C9H12Cl2OSSi. The van der Waals surface area contributed by atoms with Crippen LogP contribution in [-0.4, -0.2) is 20.6 Å². The Kier molecular flexibility index (Phi) is 5.78. The van der Waals surface area contributed by atoms with Crippen LogP contribution in [0.5, 0.6) is 5.75 Å². The minimum Gasteiger partial charge on any atom is -0.497 e. The minimum absolute atomic E-state index is 0.201. The van der Waals surface area contributed by atoms with Crippen molar-refractivity contribution < 1.29 is 4.74 Å². The van der Waals surface area contributed by atoms with Crippen LogP contribution in [0.15, 0.2) is 29.2 Å². The molecule has 0 saturated heterocycles. The lowest BCUT2D eigenvalue weighted by atomic mass is 10.3. The largest absolute Gasteiger partial charge is 0.497 e. The molecule has 1 nitrogen and oxygen atoms in total. The fourth-order valence-electron chi connectivity index (χ4n) is 0.938. The summed E-state index contributed by atoms with van der Waals surface area (Å²) < 4.78 is 5.07. The van der Waals surface area contributed by atoms with Crippen molar-refractivity contribution in [3.05, 3.63) is 24.3 Å². The van der Waals surface area contributed by atoms with Gasteiger partial charge >= 0.3 is 0 Å². The van der Waals surface area contributed by atoms with Gasteiger partial charge in [0.1, 0.15) is 10.6 Å². The molecule has 0 fully saturated rings. The van der Waals surface area contributed by atoms with Gasteiger partial charge in [-0.05, 0) is 30.3 Å². The van der Waals surface area contributed by atoms with Crippen molar-refractivity contribution in [1.82, 2.24) is 0 Å². The van der Waals surface area contributed by atoms with Gasteiger partial charge in [-0.15, -0.1) is 23.2 Å². The molecule has 0 heterocycles. The molecule has 0 spiro atoms. The van der Waals surface area contributed by atoms with Gasteiger partial charge in [-0.3, -0.25) is 0 Å². The predicted molar refractivity (Wildman–Crippen MR) is 67.7 cm³/mol. The zero-order chi connectivity index (χ0) is 10.4. The van der Waals surface area contributed by atoms with Gasteiger partial charge in [-0.25, -0.2) is 0 Å². The molecule has 14 heavy (non-hydrogen) atoms. The van der Waals surface area contributed by atoms with Crippen molar-refractivity contribution in [3.8, 4) is 5.75 Å². The molecule has 0 aliphatic heterocycles. The highest BCUT2D eigenvalue weighted by molar-refractivity contribution is 8.22. The molecule has 0 aliphatic rings. The van der Waals surface area contributed by atoms with Crippen molar-refractivity contribution in [2.24, 2.45) is 0 Å². The average molecular weight is 267 g/mol. The Bertz CT molecular complexity index is 266. The van der Waals surface area contributed by atoms with Crippen LogP contribution in [0.3, 0.4) is 0 Å². The number of halogens is 2. The van der Waals surface area contributed by atoms with E-state index in [1.165, 1.54) is 4.90 Å². The zero-order valence-corrected chi connectivity index (χ0v) is 11.6. The molecule has 1 rings (SSSR count). The van der Waals surface area contributed by atoms with E-state index in [9.17, 15) is 0 Å².